The van der Waals surface area contributed by atoms with E-state index in [1.165, 1.54) is 0 Å². The molecule has 25 heavy (non-hydrogen) atoms. The minimum absolute atomic E-state index is 0.621. The van der Waals surface area contributed by atoms with Crippen LogP contribution < -0.4 is 19.5 Å². The van der Waals surface area contributed by atoms with Gasteiger partial charge in [0, 0.05) is 30.9 Å². The molecule has 0 atom stereocenters. The summed E-state index contributed by atoms with van der Waals surface area (Å²) in [6.07, 6.45) is 0. The number of benzene rings is 2. The number of anilines is 1. The second kappa shape index (κ2) is 9.13. The molecular weight excluding hydrogens is 336 g/mol. The van der Waals surface area contributed by atoms with E-state index in [0.717, 1.165) is 28.5 Å². The quantitative estimate of drug-likeness (QED) is 0.755. The van der Waals surface area contributed by atoms with E-state index in [4.69, 9.17) is 26.4 Å². The molecular formula is C19H24N2O3S. The van der Waals surface area contributed by atoms with E-state index in [1.807, 2.05) is 61.3 Å². The first-order valence-corrected chi connectivity index (χ1v) is 8.44. The molecule has 2 aromatic carbocycles. The molecule has 0 heterocycles. The predicted octanol–water partition coefficient (Wildman–Crippen LogP) is 3.93. The second-order valence-electron chi connectivity index (χ2n) is 5.42. The Bertz CT molecular complexity index is 704. The third-order valence-electron chi connectivity index (χ3n) is 3.67. The molecule has 2 rings (SSSR count). The lowest BCUT2D eigenvalue weighted by molar-refractivity contribution is 0.340. The number of nitrogens with one attached hydrogen (secondary N) is 1. The highest BCUT2D eigenvalue weighted by molar-refractivity contribution is 7.80. The standard InChI is InChI=1S/C19H24N2O3S/c1-5-24-16-10-7-15(8-11-16)20-19(25)21(2)13-14-6-9-17(22-3)12-18(14)23-4/h6-12H,5,13H2,1-4H3,(H,20,25). The molecule has 0 saturated carbocycles. The van der Waals surface area contributed by atoms with Crippen LogP contribution in [0.25, 0.3) is 0 Å². The van der Waals surface area contributed by atoms with Gasteiger partial charge in [-0.2, -0.15) is 0 Å². The Labute approximate surface area is 154 Å². The van der Waals surface area contributed by atoms with Crippen LogP contribution in [0.5, 0.6) is 17.2 Å². The largest absolute Gasteiger partial charge is 0.497 e. The summed E-state index contributed by atoms with van der Waals surface area (Å²) in [6.45, 7) is 3.23. The summed E-state index contributed by atoms with van der Waals surface area (Å²) in [4.78, 5) is 1.95. The van der Waals surface area contributed by atoms with Gasteiger partial charge in [-0.05, 0) is 55.5 Å². The summed E-state index contributed by atoms with van der Waals surface area (Å²) in [5.41, 5.74) is 1.95. The summed E-state index contributed by atoms with van der Waals surface area (Å²) < 4.78 is 16.1. The van der Waals surface area contributed by atoms with E-state index in [0.29, 0.717) is 18.3 Å². The zero-order valence-electron chi connectivity index (χ0n) is 15.0. The molecule has 0 fully saturated rings. The van der Waals surface area contributed by atoms with Crippen LogP contribution in [0.4, 0.5) is 5.69 Å². The lowest BCUT2D eigenvalue weighted by atomic mass is 10.2. The maximum atomic E-state index is 5.49. The Hall–Kier alpha value is -2.47. The fourth-order valence-electron chi connectivity index (χ4n) is 2.33. The highest BCUT2D eigenvalue weighted by Crippen LogP contribution is 2.25. The van der Waals surface area contributed by atoms with Gasteiger partial charge in [0.25, 0.3) is 0 Å². The Balaban J connectivity index is 2.00. The third-order valence-corrected chi connectivity index (χ3v) is 4.08. The number of ether oxygens (including phenoxy) is 3. The molecule has 0 aliphatic heterocycles. The van der Waals surface area contributed by atoms with Crippen LogP contribution in [0.3, 0.4) is 0 Å². The fraction of sp³-hybridized carbons (Fsp3) is 0.316. The van der Waals surface area contributed by atoms with Crippen LogP contribution >= 0.6 is 12.2 Å². The molecule has 0 unspecified atom stereocenters. The molecule has 6 heteroatoms. The van der Waals surface area contributed by atoms with E-state index in [2.05, 4.69) is 5.32 Å². The van der Waals surface area contributed by atoms with Crippen molar-refractivity contribution in [2.45, 2.75) is 13.5 Å². The van der Waals surface area contributed by atoms with Crippen molar-refractivity contribution in [1.82, 2.24) is 4.90 Å². The number of hydrogen-bond acceptors (Lipinski definition) is 4. The van der Waals surface area contributed by atoms with Crippen molar-refractivity contribution in [3.05, 3.63) is 48.0 Å². The first kappa shape index (κ1) is 18.9. The van der Waals surface area contributed by atoms with E-state index >= 15 is 0 Å². The maximum absolute atomic E-state index is 5.49. The number of hydrogen-bond donors (Lipinski definition) is 1. The van der Waals surface area contributed by atoms with Crippen molar-refractivity contribution in [2.24, 2.45) is 0 Å². The van der Waals surface area contributed by atoms with Crippen LogP contribution in [0.15, 0.2) is 42.5 Å². The average molecular weight is 360 g/mol. The average Bonchev–Trinajstić information content (AvgIpc) is 2.63. The van der Waals surface area contributed by atoms with Crippen LogP contribution in [0, 0.1) is 0 Å². The number of methoxy groups -OCH3 is 2. The highest BCUT2D eigenvalue weighted by Gasteiger charge is 2.11. The minimum Gasteiger partial charge on any atom is -0.497 e. The van der Waals surface area contributed by atoms with E-state index in [9.17, 15) is 0 Å². The summed E-state index contributed by atoms with van der Waals surface area (Å²) in [6, 6.07) is 13.5. The first-order chi connectivity index (χ1) is 12.1. The topological polar surface area (TPSA) is 43.0 Å². The SMILES string of the molecule is CCOc1ccc(NC(=S)N(C)Cc2ccc(OC)cc2OC)cc1. The van der Waals surface area contributed by atoms with Gasteiger partial charge >= 0.3 is 0 Å². The van der Waals surface area contributed by atoms with Crippen molar-refractivity contribution >= 4 is 23.0 Å². The Morgan fingerprint density at radius 2 is 1.72 bits per heavy atom. The summed E-state index contributed by atoms with van der Waals surface area (Å²) in [7, 11) is 5.22. The van der Waals surface area contributed by atoms with E-state index in [1.54, 1.807) is 14.2 Å². The fourth-order valence-corrected chi connectivity index (χ4v) is 2.51. The van der Waals surface area contributed by atoms with Crippen molar-refractivity contribution in [1.29, 1.82) is 0 Å². The van der Waals surface area contributed by atoms with Crippen LogP contribution in [-0.4, -0.2) is 37.9 Å². The van der Waals surface area contributed by atoms with Crippen molar-refractivity contribution in [3.8, 4) is 17.2 Å². The van der Waals surface area contributed by atoms with Crippen LogP contribution in [0.2, 0.25) is 0 Å². The minimum atomic E-state index is 0.621. The lowest BCUT2D eigenvalue weighted by Crippen LogP contribution is -2.30. The molecule has 0 spiro atoms. The normalized spacial score (nSPS) is 10.1. The Morgan fingerprint density at radius 3 is 2.32 bits per heavy atom. The zero-order valence-corrected chi connectivity index (χ0v) is 15.9. The number of nitrogens with zero attached hydrogens (tertiary/aromatic N) is 1. The summed E-state index contributed by atoms with van der Waals surface area (Å²) in [5.74, 6) is 2.38. The van der Waals surface area contributed by atoms with Gasteiger partial charge in [-0.15, -0.1) is 0 Å². The van der Waals surface area contributed by atoms with Crippen LogP contribution in [-0.2, 0) is 6.54 Å². The van der Waals surface area contributed by atoms with Crippen molar-refractivity contribution in [3.63, 3.8) is 0 Å². The molecule has 0 radical (unpaired) electrons. The van der Waals surface area contributed by atoms with E-state index in [-0.39, 0.29) is 0 Å². The number of thiocarbonyl (C=S) groups is 1. The molecule has 5 nitrogen and oxygen atoms in total. The Kier molecular flexibility index (Phi) is 6.89. The van der Waals surface area contributed by atoms with Crippen molar-refractivity contribution < 1.29 is 14.2 Å². The first-order valence-electron chi connectivity index (χ1n) is 8.03. The summed E-state index contributed by atoms with van der Waals surface area (Å²) in [5, 5.41) is 3.85. The molecule has 0 aromatic heterocycles. The number of rotatable bonds is 7. The Morgan fingerprint density at radius 1 is 1.04 bits per heavy atom. The molecule has 0 bridgehead atoms. The zero-order chi connectivity index (χ0) is 18.2. The molecule has 0 amide bonds. The smallest absolute Gasteiger partial charge is 0.173 e. The van der Waals surface area contributed by atoms with Crippen molar-refractivity contribution in [2.75, 3.05) is 33.2 Å². The van der Waals surface area contributed by atoms with Crippen LogP contribution in [0.1, 0.15) is 12.5 Å². The maximum Gasteiger partial charge on any atom is 0.173 e. The van der Waals surface area contributed by atoms with Gasteiger partial charge in [-0.25, -0.2) is 0 Å². The monoisotopic (exact) mass is 360 g/mol. The molecule has 1 N–H and O–H groups in total. The second-order valence-corrected chi connectivity index (χ2v) is 5.81. The molecule has 0 aliphatic carbocycles. The van der Waals surface area contributed by atoms with Gasteiger partial charge < -0.3 is 24.4 Å². The van der Waals surface area contributed by atoms with Gasteiger partial charge in [0.2, 0.25) is 0 Å². The third kappa shape index (κ3) is 5.26. The van der Waals surface area contributed by atoms with Gasteiger partial charge in [0.1, 0.15) is 17.2 Å². The lowest BCUT2D eigenvalue weighted by Gasteiger charge is -2.22. The molecule has 0 saturated heterocycles. The molecule has 134 valence electrons. The summed E-state index contributed by atoms with van der Waals surface area (Å²) >= 11 is 5.49. The molecule has 0 aliphatic rings. The van der Waals surface area contributed by atoms with Gasteiger partial charge in [0.15, 0.2) is 5.11 Å². The van der Waals surface area contributed by atoms with Gasteiger partial charge in [-0.3, -0.25) is 0 Å². The van der Waals surface area contributed by atoms with Gasteiger partial charge in [-0.1, -0.05) is 0 Å². The highest BCUT2D eigenvalue weighted by atomic mass is 32.1. The molecule has 2 aromatic rings. The van der Waals surface area contributed by atoms with Gasteiger partial charge in [0.05, 0.1) is 20.8 Å². The predicted molar refractivity (Wildman–Crippen MR) is 105 cm³/mol. The van der Waals surface area contributed by atoms with E-state index < -0.39 is 0 Å².